The predicted octanol–water partition coefficient (Wildman–Crippen LogP) is -0.342. The highest BCUT2D eigenvalue weighted by Gasteiger charge is 2.28. The van der Waals surface area contributed by atoms with Gasteiger partial charge >= 0.3 is 0 Å². The highest BCUT2D eigenvalue weighted by atomic mass is 16.5. The van der Waals surface area contributed by atoms with E-state index in [9.17, 15) is 4.79 Å². The molecule has 0 bridgehead atoms. The molecule has 0 aromatic carbocycles. The number of nitrogens with zero attached hydrogens (tertiary/aromatic N) is 2. The second-order valence-electron chi connectivity index (χ2n) is 4.90. The molecule has 0 unspecified atom stereocenters. The largest absolute Gasteiger partial charge is 0.379 e. The van der Waals surface area contributed by atoms with Gasteiger partial charge in [0.2, 0.25) is 5.91 Å². The molecule has 5 nitrogen and oxygen atoms in total. The Labute approximate surface area is 103 Å². The van der Waals surface area contributed by atoms with Crippen molar-refractivity contribution in [1.82, 2.24) is 9.80 Å². The maximum Gasteiger partial charge on any atom is 0.234 e. The van der Waals surface area contributed by atoms with E-state index in [1.807, 2.05) is 0 Å². The third kappa shape index (κ3) is 3.66. The molecule has 0 saturated carbocycles. The molecule has 98 valence electrons. The maximum atomic E-state index is 11.2. The zero-order chi connectivity index (χ0) is 12.1. The number of amides is 1. The quantitative estimate of drug-likeness (QED) is 0.715. The molecule has 17 heavy (non-hydrogen) atoms. The molecule has 0 aromatic rings. The first-order valence-electron chi connectivity index (χ1n) is 6.61. The molecule has 2 heterocycles. The van der Waals surface area contributed by atoms with Gasteiger partial charge in [0.05, 0.1) is 19.3 Å². The highest BCUT2D eigenvalue weighted by molar-refractivity contribution is 5.80. The van der Waals surface area contributed by atoms with Crippen molar-refractivity contribution in [3.8, 4) is 0 Å². The molecule has 2 rings (SSSR count). The summed E-state index contributed by atoms with van der Waals surface area (Å²) in [4.78, 5) is 15.9. The summed E-state index contributed by atoms with van der Waals surface area (Å²) >= 11 is 0. The lowest BCUT2D eigenvalue weighted by Gasteiger charge is -2.28. The highest BCUT2D eigenvalue weighted by Crippen LogP contribution is 2.16. The summed E-state index contributed by atoms with van der Waals surface area (Å²) in [6.45, 7) is 6.91. The third-order valence-corrected chi connectivity index (χ3v) is 3.72. The van der Waals surface area contributed by atoms with Gasteiger partial charge in [0.1, 0.15) is 0 Å². The van der Waals surface area contributed by atoms with Crippen LogP contribution < -0.4 is 5.73 Å². The molecular formula is C12H23N3O2. The van der Waals surface area contributed by atoms with E-state index in [4.69, 9.17) is 10.5 Å². The number of carbonyl (C=O) groups is 1. The molecule has 1 atom stereocenters. The Morgan fingerprint density at radius 3 is 2.71 bits per heavy atom. The average Bonchev–Trinajstić information content (AvgIpc) is 2.79. The van der Waals surface area contributed by atoms with Gasteiger partial charge in [0.15, 0.2) is 0 Å². The minimum Gasteiger partial charge on any atom is -0.379 e. The molecule has 2 aliphatic rings. The third-order valence-electron chi connectivity index (χ3n) is 3.72. The Kier molecular flexibility index (Phi) is 4.76. The van der Waals surface area contributed by atoms with E-state index >= 15 is 0 Å². The van der Waals surface area contributed by atoms with E-state index in [1.54, 1.807) is 0 Å². The predicted molar refractivity (Wildman–Crippen MR) is 65.7 cm³/mol. The van der Waals surface area contributed by atoms with Crippen LogP contribution in [-0.4, -0.2) is 67.7 Å². The average molecular weight is 241 g/mol. The molecule has 0 aliphatic carbocycles. The Morgan fingerprint density at radius 2 is 2.00 bits per heavy atom. The molecule has 0 radical (unpaired) electrons. The van der Waals surface area contributed by atoms with E-state index in [0.29, 0.717) is 0 Å². The van der Waals surface area contributed by atoms with Gasteiger partial charge in [-0.1, -0.05) is 0 Å². The minimum atomic E-state index is -0.158. The standard InChI is InChI=1S/C12H23N3O2/c13-12(16)11-3-1-5-15(11)6-2-4-14-7-9-17-10-8-14/h11H,1-10H2,(H2,13,16)/t11-/m0/s1. The van der Waals surface area contributed by atoms with Crippen LogP contribution in [0.3, 0.4) is 0 Å². The van der Waals surface area contributed by atoms with Crippen LogP contribution in [0.4, 0.5) is 0 Å². The summed E-state index contributed by atoms with van der Waals surface area (Å²) in [5, 5.41) is 0. The van der Waals surface area contributed by atoms with Crippen molar-refractivity contribution in [3.63, 3.8) is 0 Å². The molecule has 1 amide bonds. The first-order chi connectivity index (χ1) is 8.27. The van der Waals surface area contributed by atoms with Crippen molar-refractivity contribution >= 4 is 5.91 Å². The summed E-state index contributed by atoms with van der Waals surface area (Å²) in [5.41, 5.74) is 5.40. The number of morpholine rings is 1. The second-order valence-corrected chi connectivity index (χ2v) is 4.90. The van der Waals surface area contributed by atoms with Gasteiger partial charge in [0.25, 0.3) is 0 Å². The topological polar surface area (TPSA) is 58.8 Å². The number of primary amides is 1. The number of hydrogen-bond donors (Lipinski definition) is 1. The van der Waals surface area contributed by atoms with Gasteiger partial charge in [-0.2, -0.15) is 0 Å². The normalized spacial score (nSPS) is 27.4. The van der Waals surface area contributed by atoms with Crippen molar-refractivity contribution in [2.45, 2.75) is 25.3 Å². The number of likely N-dealkylation sites (tertiary alicyclic amines) is 1. The van der Waals surface area contributed by atoms with Gasteiger partial charge in [-0.15, -0.1) is 0 Å². The van der Waals surface area contributed by atoms with Gasteiger partial charge < -0.3 is 10.5 Å². The maximum absolute atomic E-state index is 11.2. The molecule has 2 N–H and O–H groups in total. The fourth-order valence-corrected chi connectivity index (χ4v) is 2.74. The van der Waals surface area contributed by atoms with Gasteiger partial charge in [-0.05, 0) is 32.4 Å². The monoisotopic (exact) mass is 241 g/mol. The Morgan fingerprint density at radius 1 is 1.24 bits per heavy atom. The van der Waals surface area contributed by atoms with Gasteiger partial charge in [-0.3, -0.25) is 14.6 Å². The van der Waals surface area contributed by atoms with Crippen LogP contribution >= 0.6 is 0 Å². The molecule has 5 heteroatoms. The molecule has 2 aliphatic heterocycles. The lowest BCUT2D eigenvalue weighted by Crippen LogP contribution is -2.42. The van der Waals surface area contributed by atoms with Crippen molar-refractivity contribution in [3.05, 3.63) is 0 Å². The van der Waals surface area contributed by atoms with Crippen molar-refractivity contribution in [2.75, 3.05) is 45.9 Å². The van der Waals surface area contributed by atoms with Crippen molar-refractivity contribution < 1.29 is 9.53 Å². The number of nitrogens with two attached hydrogens (primary N) is 1. The summed E-state index contributed by atoms with van der Waals surface area (Å²) < 4.78 is 5.31. The fourth-order valence-electron chi connectivity index (χ4n) is 2.74. The molecule has 2 saturated heterocycles. The van der Waals surface area contributed by atoms with Crippen LogP contribution in [-0.2, 0) is 9.53 Å². The SMILES string of the molecule is NC(=O)[C@@H]1CCCN1CCCN1CCOCC1. The van der Waals surface area contributed by atoms with E-state index < -0.39 is 0 Å². The van der Waals surface area contributed by atoms with Crippen LogP contribution in [0, 0.1) is 0 Å². The van der Waals surface area contributed by atoms with Gasteiger partial charge in [0, 0.05) is 19.6 Å². The molecule has 0 aromatic heterocycles. The fraction of sp³-hybridized carbons (Fsp3) is 0.917. The minimum absolute atomic E-state index is 0.0142. The second kappa shape index (κ2) is 6.33. The van der Waals surface area contributed by atoms with E-state index in [2.05, 4.69) is 9.80 Å². The molecule has 0 spiro atoms. The van der Waals surface area contributed by atoms with E-state index in [0.717, 1.165) is 65.2 Å². The summed E-state index contributed by atoms with van der Waals surface area (Å²) in [6, 6.07) is -0.0142. The van der Waals surface area contributed by atoms with Crippen molar-refractivity contribution in [1.29, 1.82) is 0 Å². The summed E-state index contributed by atoms with van der Waals surface area (Å²) in [6.07, 6.45) is 3.15. The first-order valence-corrected chi connectivity index (χ1v) is 6.61. The van der Waals surface area contributed by atoms with Crippen LogP contribution in [0.1, 0.15) is 19.3 Å². The van der Waals surface area contributed by atoms with Crippen LogP contribution in [0.15, 0.2) is 0 Å². The van der Waals surface area contributed by atoms with Gasteiger partial charge in [-0.25, -0.2) is 0 Å². The number of ether oxygens (including phenoxy) is 1. The van der Waals surface area contributed by atoms with E-state index in [1.165, 1.54) is 0 Å². The first kappa shape index (κ1) is 12.8. The lowest BCUT2D eigenvalue weighted by atomic mass is 10.2. The Bertz CT molecular complexity index is 254. The van der Waals surface area contributed by atoms with Crippen LogP contribution in [0.5, 0.6) is 0 Å². The Balaban J connectivity index is 1.65. The number of hydrogen-bond acceptors (Lipinski definition) is 4. The van der Waals surface area contributed by atoms with Crippen LogP contribution in [0.25, 0.3) is 0 Å². The molecular weight excluding hydrogens is 218 g/mol. The smallest absolute Gasteiger partial charge is 0.234 e. The van der Waals surface area contributed by atoms with Crippen molar-refractivity contribution in [2.24, 2.45) is 5.73 Å². The van der Waals surface area contributed by atoms with E-state index in [-0.39, 0.29) is 11.9 Å². The Hall–Kier alpha value is -0.650. The zero-order valence-corrected chi connectivity index (χ0v) is 10.4. The van der Waals surface area contributed by atoms with Crippen LogP contribution in [0.2, 0.25) is 0 Å². The lowest BCUT2D eigenvalue weighted by molar-refractivity contribution is -0.122. The summed E-state index contributed by atoms with van der Waals surface area (Å²) in [7, 11) is 0. The zero-order valence-electron chi connectivity index (χ0n) is 10.4. The number of rotatable bonds is 5. The number of carbonyl (C=O) groups excluding carboxylic acids is 1. The molecule has 2 fully saturated rings. The summed E-state index contributed by atoms with van der Waals surface area (Å²) in [5.74, 6) is -0.158.